The second-order valence-electron chi connectivity index (χ2n) is 7.98. The molecular formula is C24H18F3N5O2. The van der Waals surface area contributed by atoms with Gasteiger partial charge in [0.25, 0.3) is 5.56 Å². The summed E-state index contributed by atoms with van der Waals surface area (Å²) in [6.45, 7) is 4.00. The van der Waals surface area contributed by atoms with Crippen molar-refractivity contribution in [2.45, 2.75) is 26.6 Å². The first-order valence-electron chi connectivity index (χ1n) is 10.4. The fourth-order valence-electron chi connectivity index (χ4n) is 3.61. The third kappa shape index (κ3) is 3.98. The molecule has 0 aliphatic carbocycles. The highest BCUT2D eigenvalue weighted by Crippen LogP contribution is 2.31. The number of fused-ring (bicyclic) bond motifs is 1. The fourth-order valence-corrected chi connectivity index (χ4v) is 3.61. The molecule has 172 valence electrons. The highest BCUT2D eigenvalue weighted by molar-refractivity contribution is 5.66. The van der Waals surface area contributed by atoms with E-state index >= 15 is 0 Å². The standard InChI is InChI=1S/C24H18F3N5O2/c1-14-6-7-16(10-15(14)2)19-12-20-23(33)31(8-9-32(20)29-19)13-21-28-22(30-34-21)17-4-3-5-18(11-17)24(25,26)27/h3-12H,13H2,1-2H3. The summed E-state index contributed by atoms with van der Waals surface area (Å²) in [5.74, 6) is 0.101. The van der Waals surface area contributed by atoms with Gasteiger partial charge in [0.1, 0.15) is 12.1 Å². The molecule has 0 unspecified atom stereocenters. The summed E-state index contributed by atoms with van der Waals surface area (Å²) < 4.78 is 47.0. The number of nitrogens with zero attached hydrogens (tertiary/aromatic N) is 5. The predicted molar refractivity (Wildman–Crippen MR) is 118 cm³/mol. The molecule has 0 N–H and O–H groups in total. The molecule has 0 amide bonds. The Kier molecular flexibility index (Phi) is 5.07. The molecule has 0 fully saturated rings. The summed E-state index contributed by atoms with van der Waals surface area (Å²) in [5.41, 5.74) is 3.28. The van der Waals surface area contributed by atoms with Gasteiger partial charge in [-0.3, -0.25) is 4.79 Å². The van der Waals surface area contributed by atoms with Crippen molar-refractivity contribution >= 4 is 5.52 Å². The number of hydrogen-bond acceptors (Lipinski definition) is 5. The van der Waals surface area contributed by atoms with Crippen LogP contribution in [0.2, 0.25) is 0 Å². The minimum absolute atomic E-state index is 0.0107. The average molecular weight is 465 g/mol. The molecule has 0 aliphatic rings. The van der Waals surface area contributed by atoms with E-state index in [1.807, 2.05) is 32.0 Å². The highest BCUT2D eigenvalue weighted by atomic mass is 19.4. The molecule has 34 heavy (non-hydrogen) atoms. The Balaban J connectivity index is 1.44. The van der Waals surface area contributed by atoms with Gasteiger partial charge in [-0.1, -0.05) is 29.4 Å². The maximum absolute atomic E-state index is 13.0. The zero-order chi connectivity index (χ0) is 24.0. The van der Waals surface area contributed by atoms with Crippen LogP contribution in [0, 0.1) is 13.8 Å². The molecular weight excluding hydrogens is 447 g/mol. The SMILES string of the molecule is Cc1ccc(-c2cc3c(=O)n(Cc4nc(-c5cccc(C(F)(F)F)c5)no4)ccn3n2)cc1C. The maximum atomic E-state index is 13.0. The van der Waals surface area contributed by atoms with E-state index < -0.39 is 11.7 Å². The third-order valence-corrected chi connectivity index (χ3v) is 5.63. The van der Waals surface area contributed by atoms with Gasteiger partial charge >= 0.3 is 6.18 Å². The van der Waals surface area contributed by atoms with Crippen molar-refractivity contribution < 1.29 is 17.7 Å². The van der Waals surface area contributed by atoms with Gasteiger partial charge in [0, 0.05) is 23.5 Å². The van der Waals surface area contributed by atoms with Crippen molar-refractivity contribution in [3.8, 4) is 22.6 Å². The number of halogens is 3. The normalized spacial score (nSPS) is 11.9. The topological polar surface area (TPSA) is 78.2 Å². The molecule has 5 rings (SSSR count). The minimum Gasteiger partial charge on any atom is -0.337 e. The predicted octanol–water partition coefficient (Wildman–Crippen LogP) is 4.90. The van der Waals surface area contributed by atoms with E-state index in [-0.39, 0.29) is 29.4 Å². The Hall–Kier alpha value is -4.21. The van der Waals surface area contributed by atoms with Gasteiger partial charge < -0.3 is 9.09 Å². The molecule has 0 saturated heterocycles. The van der Waals surface area contributed by atoms with Crippen LogP contribution in [0.4, 0.5) is 13.2 Å². The van der Waals surface area contributed by atoms with Crippen LogP contribution < -0.4 is 5.56 Å². The summed E-state index contributed by atoms with van der Waals surface area (Å²) in [6, 6.07) is 12.3. The van der Waals surface area contributed by atoms with Crippen LogP contribution in [0.15, 0.2) is 70.2 Å². The van der Waals surface area contributed by atoms with E-state index in [1.165, 1.54) is 26.8 Å². The van der Waals surface area contributed by atoms with Crippen LogP contribution in [-0.4, -0.2) is 24.3 Å². The molecule has 0 radical (unpaired) electrons. The van der Waals surface area contributed by atoms with Crippen LogP contribution in [0.25, 0.3) is 28.2 Å². The lowest BCUT2D eigenvalue weighted by molar-refractivity contribution is -0.137. The van der Waals surface area contributed by atoms with Gasteiger partial charge in [0.15, 0.2) is 0 Å². The molecule has 7 nitrogen and oxygen atoms in total. The second-order valence-corrected chi connectivity index (χ2v) is 7.98. The Morgan fingerprint density at radius 3 is 2.56 bits per heavy atom. The van der Waals surface area contributed by atoms with E-state index in [4.69, 9.17) is 4.52 Å². The Morgan fingerprint density at radius 2 is 1.79 bits per heavy atom. The molecule has 0 saturated carbocycles. The van der Waals surface area contributed by atoms with Crippen molar-refractivity contribution in [3.05, 3.63) is 93.9 Å². The molecule has 3 heterocycles. The van der Waals surface area contributed by atoms with Crippen LogP contribution in [-0.2, 0) is 12.7 Å². The van der Waals surface area contributed by atoms with Gasteiger partial charge in [0.2, 0.25) is 11.7 Å². The number of aryl methyl sites for hydroxylation is 2. The molecule has 0 atom stereocenters. The molecule has 2 aromatic carbocycles. The molecule has 0 bridgehead atoms. The Labute approximate surface area is 191 Å². The van der Waals surface area contributed by atoms with Gasteiger partial charge in [-0.05, 0) is 49.2 Å². The monoisotopic (exact) mass is 465 g/mol. The van der Waals surface area contributed by atoms with Crippen molar-refractivity contribution in [2.75, 3.05) is 0 Å². The van der Waals surface area contributed by atoms with Crippen molar-refractivity contribution in [2.24, 2.45) is 0 Å². The summed E-state index contributed by atoms with van der Waals surface area (Å²) in [5, 5.41) is 8.27. The fraction of sp³-hybridized carbons (Fsp3) is 0.167. The van der Waals surface area contributed by atoms with Crippen LogP contribution in [0.3, 0.4) is 0 Å². The summed E-state index contributed by atoms with van der Waals surface area (Å²) in [4.78, 5) is 17.2. The number of hydrogen-bond donors (Lipinski definition) is 0. The molecule has 10 heteroatoms. The molecule has 5 aromatic rings. The lowest BCUT2D eigenvalue weighted by atomic mass is 10.0. The minimum atomic E-state index is -4.48. The zero-order valence-corrected chi connectivity index (χ0v) is 18.2. The third-order valence-electron chi connectivity index (χ3n) is 5.63. The van der Waals surface area contributed by atoms with Crippen LogP contribution in [0.5, 0.6) is 0 Å². The van der Waals surface area contributed by atoms with E-state index in [9.17, 15) is 18.0 Å². The van der Waals surface area contributed by atoms with Gasteiger partial charge in [-0.15, -0.1) is 0 Å². The first-order chi connectivity index (χ1) is 16.2. The first kappa shape index (κ1) is 21.6. The van der Waals surface area contributed by atoms with Gasteiger partial charge in [-0.2, -0.15) is 23.3 Å². The first-order valence-corrected chi connectivity index (χ1v) is 10.4. The lowest BCUT2D eigenvalue weighted by Crippen LogP contribution is -2.21. The van der Waals surface area contributed by atoms with Crippen LogP contribution >= 0.6 is 0 Å². The molecule has 3 aromatic heterocycles. The van der Waals surface area contributed by atoms with Crippen molar-refractivity contribution in [3.63, 3.8) is 0 Å². The number of rotatable bonds is 4. The van der Waals surface area contributed by atoms with Crippen molar-refractivity contribution in [1.29, 1.82) is 0 Å². The molecule has 0 aliphatic heterocycles. The largest absolute Gasteiger partial charge is 0.416 e. The zero-order valence-electron chi connectivity index (χ0n) is 18.2. The number of benzene rings is 2. The summed E-state index contributed by atoms with van der Waals surface area (Å²) in [7, 11) is 0. The smallest absolute Gasteiger partial charge is 0.337 e. The second kappa shape index (κ2) is 7.98. The summed E-state index contributed by atoms with van der Waals surface area (Å²) >= 11 is 0. The van der Waals surface area contributed by atoms with E-state index in [0.29, 0.717) is 11.2 Å². The highest BCUT2D eigenvalue weighted by Gasteiger charge is 2.30. The average Bonchev–Trinajstić information content (AvgIpc) is 3.45. The quantitative estimate of drug-likeness (QED) is 0.377. The Bertz CT molecular complexity index is 1580. The Morgan fingerprint density at radius 1 is 0.971 bits per heavy atom. The molecule has 0 spiro atoms. The van der Waals surface area contributed by atoms with E-state index in [0.717, 1.165) is 23.3 Å². The maximum Gasteiger partial charge on any atom is 0.416 e. The number of alkyl halides is 3. The van der Waals surface area contributed by atoms with E-state index in [2.05, 4.69) is 15.2 Å². The number of aromatic nitrogens is 5. The van der Waals surface area contributed by atoms with Crippen molar-refractivity contribution in [1.82, 2.24) is 24.3 Å². The van der Waals surface area contributed by atoms with Gasteiger partial charge in [0.05, 0.1) is 11.3 Å². The summed E-state index contributed by atoms with van der Waals surface area (Å²) in [6.07, 6.45) is -1.29. The van der Waals surface area contributed by atoms with Gasteiger partial charge in [-0.25, -0.2) is 4.52 Å². The van der Waals surface area contributed by atoms with Crippen LogP contribution in [0.1, 0.15) is 22.6 Å². The van der Waals surface area contributed by atoms with E-state index in [1.54, 1.807) is 18.5 Å². The lowest BCUT2D eigenvalue weighted by Gasteiger charge is -2.06.